The average Bonchev–Trinajstić information content (AvgIpc) is 2.98. The molecule has 0 aliphatic carbocycles. The summed E-state index contributed by atoms with van der Waals surface area (Å²) in [5, 5.41) is 11.6. The molecule has 1 amide bonds. The average molecular weight is 268 g/mol. The van der Waals surface area contributed by atoms with Crippen molar-refractivity contribution in [3.05, 3.63) is 59.5 Å². The zero-order valence-electron chi connectivity index (χ0n) is 11.3. The Hall–Kier alpha value is -2.54. The minimum Gasteiger partial charge on any atom is -0.469 e. The molecular weight excluding hydrogens is 252 g/mol. The second kappa shape index (κ2) is 6.58. The number of amides is 1. The minimum atomic E-state index is -0.124. The number of rotatable bonds is 5. The predicted molar refractivity (Wildman–Crippen MR) is 75.1 cm³/mol. The largest absolute Gasteiger partial charge is 0.469 e. The number of carbonyl (C=O) groups is 1. The van der Waals surface area contributed by atoms with Gasteiger partial charge < -0.3 is 9.73 Å². The van der Waals surface area contributed by atoms with Crippen LogP contribution in [0.4, 0.5) is 0 Å². The maximum atomic E-state index is 12.0. The molecule has 0 saturated heterocycles. The smallest absolute Gasteiger partial charge is 0.251 e. The van der Waals surface area contributed by atoms with Crippen molar-refractivity contribution >= 4 is 5.91 Å². The van der Waals surface area contributed by atoms with Crippen molar-refractivity contribution in [3.8, 4) is 6.07 Å². The van der Waals surface area contributed by atoms with E-state index < -0.39 is 0 Å². The Kier molecular flexibility index (Phi) is 4.56. The third kappa shape index (κ3) is 3.72. The van der Waals surface area contributed by atoms with E-state index in [-0.39, 0.29) is 11.9 Å². The summed E-state index contributed by atoms with van der Waals surface area (Å²) in [6, 6.07) is 12.5. The fourth-order valence-electron chi connectivity index (χ4n) is 1.89. The zero-order chi connectivity index (χ0) is 14.4. The highest BCUT2D eigenvalue weighted by Crippen LogP contribution is 2.07. The van der Waals surface area contributed by atoms with Gasteiger partial charge in [-0.15, -0.1) is 0 Å². The van der Waals surface area contributed by atoms with Crippen LogP contribution in [0.15, 0.2) is 47.1 Å². The van der Waals surface area contributed by atoms with E-state index >= 15 is 0 Å². The van der Waals surface area contributed by atoms with Crippen molar-refractivity contribution in [2.24, 2.45) is 0 Å². The lowest BCUT2D eigenvalue weighted by Gasteiger charge is -2.13. The van der Waals surface area contributed by atoms with Crippen LogP contribution >= 0.6 is 0 Å². The molecule has 2 aromatic rings. The van der Waals surface area contributed by atoms with Gasteiger partial charge in [-0.05, 0) is 49.7 Å². The zero-order valence-corrected chi connectivity index (χ0v) is 11.3. The fraction of sp³-hybridized carbons (Fsp3) is 0.250. The number of hydrogen-bond donors (Lipinski definition) is 1. The predicted octanol–water partition coefficient (Wildman–Crippen LogP) is 2.90. The van der Waals surface area contributed by atoms with E-state index in [2.05, 4.69) is 5.32 Å². The number of furan rings is 1. The summed E-state index contributed by atoms with van der Waals surface area (Å²) in [6.07, 6.45) is 3.26. The van der Waals surface area contributed by atoms with Gasteiger partial charge in [0.05, 0.1) is 17.9 Å². The van der Waals surface area contributed by atoms with Crippen molar-refractivity contribution in [1.29, 1.82) is 5.26 Å². The van der Waals surface area contributed by atoms with Crippen LogP contribution in [0.25, 0.3) is 0 Å². The molecule has 0 aliphatic rings. The van der Waals surface area contributed by atoms with Gasteiger partial charge in [-0.1, -0.05) is 0 Å². The Balaban J connectivity index is 1.85. The number of nitriles is 1. The van der Waals surface area contributed by atoms with E-state index in [4.69, 9.17) is 9.68 Å². The number of benzene rings is 1. The quantitative estimate of drug-likeness (QED) is 0.906. The van der Waals surface area contributed by atoms with E-state index in [1.807, 2.05) is 25.1 Å². The minimum absolute atomic E-state index is 0.0586. The van der Waals surface area contributed by atoms with Crippen LogP contribution in [0.1, 0.15) is 35.0 Å². The summed E-state index contributed by atoms with van der Waals surface area (Å²) in [5.41, 5.74) is 1.11. The Morgan fingerprint density at radius 3 is 2.70 bits per heavy atom. The molecule has 0 saturated carbocycles. The first-order chi connectivity index (χ1) is 9.69. The summed E-state index contributed by atoms with van der Waals surface area (Å²) < 4.78 is 5.26. The Labute approximate surface area is 118 Å². The van der Waals surface area contributed by atoms with Gasteiger partial charge in [-0.2, -0.15) is 5.26 Å². The van der Waals surface area contributed by atoms with Crippen LogP contribution in [0.2, 0.25) is 0 Å². The van der Waals surface area contributed by atoms with Crippen molar-refractivity contribution in [2.75, 3.05) is 0 Å². The van der Waals surface area contributed by atoms with Crippen LogP contribution < -0.4 is 5.32 Å². The third-order valence-corrected chi connectivity index (χ3v) is 3.06. The first-order valence-electron chi connectivity index (χ1n) is 6.52. The molecule has 1 aromatic carbocycles. The molecule has 0 aliphatic heterocycles. The highest BCUT2D eigenvalue weighted by atomic mass is 16.3. The molecule has 0 fully saturated rings. The van der Waals surface area contributed by atoms with Crippen LogP contribution in [0.5, 0.6) is 0 Å². The summed E-state index contributed by atoms with van der Waals surface area (Å²) in [7, 11) is 0. The number of nitrogens with one attached hydrogen (secondary N) is 1. The normalized spacial score (nSPS) is 11.6. The topological polar surface area (TPSA) is 66.0 Å². The molecule has 0 radical (unpaired) electrons. The number of nitrogens with zero attached hydrogens (tertiary/aromatic N) is 1. The first-order valence-corrected chi connectivity index (χ1v) is 6.52. The van der Waals surface area contributed by atoms with E-state index in [9.17, 15) is 4.79 Å². The maximum absolute atomic E-state index is 12.0. The molecule has 4 nitrogen and oxygen atoms in total. The van der Waals surface area contributed by atoms with Crippen molar-refractivity contribution < 1.29 is 9.21 Å². The van der Waals surface area contributed by atoms with Gasteiger partial charge in [0, 0.05) is 18.0 Å². The van der Waals surface area contributed by atoms with Gasteiger partial charge in [-0.25, -0.2) is 0 Å². The summed E-state index contributed by atoms with van der Waals surface area (Å²) in [6.45, 7) is 1.96. The Bertz CT molecular complexity index is 594. The molecule has 2 rings (SSSR count). The van der Waals surface area contributed by atoms with Crippen LogP contribution in [0, 0.1) is 11.3 Å². The molecule has 1 unspecified atom stereocenters. The number of aryl methyl sites for hydroxylation is 1. The van der Waals surface area contributed by atoms with Crippen molar-refractivity contribution in [3.63, 3.8) is 0 Å². The molecule has 1 atom stereocenters. The van der Waals surface area contributed by atoms with Gasteiger partial charge in [0.15, 0.2) is 0 Å². The van der Waals surface area contributed by atoms with Gasteiger partial charge in [0.2, 0.25) is 0 Å². The molecule has 0 bridgehead atoms. The molecule has 20 heavy (non-hydrogen) atoms. The third-order valence-electron chi connectivity index (χ3n) is 3.06. The van der Waals surface area contributed by atoms with Gasteiger partial charge in [-0.3, -0.25) is 4.79 Å². The van der Waals surface area contributed by atoms with Crippen LogP contribution in [0.3, 0.4) is 0 Å². The maximum Gasteiger partial charge on any atom is 0.251 e. The van der Waals surface area contributed by atoms with Crippen LogP contribution in [-0.4, -0.2) is 11.9 Å². The highest BCUT2D eigenvalue weighted by Gasteiger charge is 2.10. The van der Waals surface area contributed by atoms with Gasteiger partial charge in [0.25, 0.3) is 5.91 Å². The highest BCUT2D eigenvalue weighted by molar-refractivity contribution is 5.94. The molecule has 1 heterocycles. The first kappa shape index (κ1) is 13.9. The lowest BCUT2D eigenvalue weighted by Crippen LogP contribution is -2.32. The lowest BCUT2D eigenvalue weighted by molar-refractivity contribution is 0.0938. The number of hydrogen-bond acceptors (Lipinski definition) is 3. The summed E-state index contributed by atoms with van der Waals surface area (Å²) >= 11 is 0. The Morgan fingerprint density at radius 1 is 1.35 bits per heavy atom. The molecular formula is C16H16N2O2. The van der Waals surface area contributed by atoms with E-state index in [0.29, 0.717) is 11.1 Å². The molecule has 1 N–H and O–H groups in total. The van der Waals surface area contributed by atoms with Crippen LogP contribution in [-0.2, 0) is 6.42 Å². The summed E-state index contributed by atoms with van der Waals surface area (Å²) in [4.78, 5) is 12.0. The molecule has 102 valence electrons. The van der Waals surface area contributed by atoms with Crippen molar-refractivity contribution in [1.82, 2.24) is 5.32 Å². The molecule has 0 spiro atoms. The van der Waals surface area contributed by atoms with E-state index in [0.717, 1.165) is 18.6 Å². The van der Waals surface area contributed by atoms with E-state index in [1.54, 1.807) is 30.5 Å². The lowest BCUT2D eigenvalue weighted by atomic mass is 10.1. The molecule has 1 aromatic heterocycles. The molecule has 4 heteroatoms. The fourth-order valence-corrected chi connectivity index (χ4v) is 1.89. The van der Waals surface area contributed by atoms with Gasteiger partial charge >= 0.3 is 0 Å². The van der Waals surface area contributed by atoms with Gasteiger partial charge in [0.1, 0.15) is 5.76 Å². The summed E-state index contributed by atoms with van der Waals surface area (Å²) in [5.74, 6) is 0.797. The Morgan fingerprint density at radius 2 is 2.10 bits per heavy atom. The standard InChI is InChI=1S/C16H16N2O2/c1-12(4-9-15-3-2-10-20-15)18-16(19)14-7-5-13(11-17)6-8-14/h2-3,5-8,10,12H,4,9H2,1H3,(H,18,19). The monoisotopic (exact) mass is 268 g/mol. The van der Waals surface area contributed by atoms with Crippen molar-refractivity contribution in [2.45, 2.75) is 25.8 Å². The number of carbonyl (C=O) groups excluding carboxylic acids is 1. The second-order valence-corrected chi connectivity index (χ2v) is 4.68. The SMILES string of the molecule is CC(CCc1ccco1)NC(=O)c1ccc(C#N)cc1. The van der Waals surface area contributed by atoms with E-state index in [1.165, 1.54) is 0 Å². The second-order valence-electron chi connectivity index (χ2n) is 4.68.